The first-order valence-corrected chi connectivity index (χ1v) is 10.0. The largest absolute Gasteiger partial charge is 0.380 e. The number of nitrogens with zero attached hydrogens (tertiary/aromatic N) is 1. The summed E-state index contributed by atoms with van der Waals surface area (Å²) in [7, 11) is -3.83. The van der Waals surface area contributed by atoms with E-state index in [9.17, 15) is 18.1 Å². The molecule has 1 aliphatic carbocycles. The molecule has 3 atom stereocenters. The minimum absolute atomic E-state index is 0.0291. The van der Waals surface area contributed by atoms with Gasteiger partial charge in [0.1, 0.15) is 11.2 Å². The molecule has 1 aliphatic rings. The van der Waals surface area contributed by atoms with E-state index in [4.69, 9.17) is 16.3 Å². The molecule has 0 saturated heterocycles. The molecular weight excluding hydrogens is 377 g/mol. The number of hydrogen-bond donors (Lipinski definition) is 0. The zero-order chi connectivity index (χ0) is 18.9. The smallest absolute Gasteiger partial charge is 0.183 e. The SMILES string of the molecule is CCOC[C@]1(C#N)[C@H](c2cccc(F)c2)[C@@H]1S(=O)(=O)c1ccc(Cl)cc1. The van der Waals surface area contributed by atoms with E-state index in [2.05, 4.69) is 6.07 Å². The molecule has 136 valence electrons. The average molecular weight is 394 g/mol. The Hall–Kier alpha value is -1.94. The normalized spacial score (nSPS) is 24.8. The molecule has 1 saturated carbocycles. The Bertz CT molecular complexity index is 955. The van der Waals surface area contributed by atoms with E-state index in [0.29, 0.717) is 17.2 Å². The predicted octanol–water partition coefficient (Wildman–Crippen LogP) is 3.97. The molecule has 3 rings (SSSR count). The zero-order valence-electron chi connectivity index (χ0n) is 14.0. The monoisotopic (exact) mass is 393 g/mol. The van der Waals surface area contributed by atoms with Crippen molar-refractivity contribution in [2.45, 2.75) is 23.0 Å². The van der Waals surface area contributed by atoms with Crippen LogP contribution in [0.1, 0.15) is 18.4 Å². The third-order valence-electron chi connectivity index (χ3n) is 4.69. The summed E-state index contributed by atoms with van der Waals surface area (Å²) in [6.07, 6.45) is 0. The molecule has 0 bridgehead atoms. The first-order valence-electron chi connectivity index (χ1n) is 8.10. The highest BCUT2D eigenvalue weighted by Crippen LogP contribution is 2.64. The van der Waals surface area contributed by atoms with Crippen LogP contribution in [0, 0.1) is 22.6 Å². The van der Waals surface area contributed by atoms with Gasteiger partial charge in [0, 0.05) is 17.5 Å². The molecule has 0 spiro atoms. The number of ether oxygens (including phenoxy) is 1. The van der Waals surface area contributed by atoms with Gasteiger partial charge in [0.25, 0.3) is 0 Å². The highest BCUT2D eigenvalue weighted by Gasteiger charge is 2.72. The summed E-state index contributed by atoms with van der Waals surface area (Å²) in [4.78, 5) is 0.0851. The molecule has 0 unspecified atom stereocenters. The maximum Gasteiger partial charge on any atom is 0.183 e. The fraction of sp³-hybridized carbons (Fsp3) is 0.316. The van der Waals surface area contributed by atoms with E-state index in [1.165, 1.54) is 42.5 Å². The molecule has 0 radical (unpaired) electrons. The molecule has 0 N–H and O–H groups in total. The Morgan fingerprint density at radius 3 is 2.54 bits per heavy atom. The van der Waals surface area contributed by atoms with Gasteiger partial charge in [-0.25, -0.2) is 12.8 Å². The van der Waals surface area contributed by atoms with Crippen LogP contribution < -0.4 is 0 Å². The van der Waals surface area contributed by atoms with Gasteiger partial charge >= 0.3 is 0 Å². The second kappa shape index (κ2) is 6.99. The van der Waals surface area contributed by atoms with E-state index in [1.54, 1.807) is 13.0 Å². The van der Waals surface area contributed by atoms with Crippen LogP contribution in [0.2, 0.25) is 5.02 Å². The van der Waals surface area contributed by atoms with Crippen molar-refractivity contribution in [3.8, 4) is 6.07 Å². The lowest BCUT2D eigenvalue weighted by molar-refractivity contribution is 0.117. The third-order valence-corrected chi connectivity index (χ3v) is 7.24. The maximum atomic E-state index is 13.7. The van der Waals surface area contributed by atoms with Crippen molar-refractivity contribution in [3.05, 3.63) is 64.9 Å². The second-order valence-corrected chi connectivity index (χ2v) is 8.75. The predicted molar refractivity (Wildman–Crippen MR) is 96.1 cm³/mol. The van der Waals surface area contributed by atoms with Crippen LogP contribution in [0.4, 0.5) is 4.39 Å². The van der Waals surface area contributed by atoms with Gasteiger partial charge in [-0.1, -0.05) is 23.7 Å². The average Bonchev–Trinajstić information content (AvgIpc) is 3.31. The Morgan fingerprint density at radius 1 is 1.27 bits per heavy atom. The first kappa shape index (κ1) is 18.8. The maximum absolute atomic E-state index is 13.7. The number of hydrogen-bond acceptors (Lipinski definition) is 4. The molecule has 2 aromatic rings. The lowest BCUT2D eigenvalue weighted by Crippen LogP contribution is -2.19. The van der Waals surface area contributed by atoms with E-state index in [0.717, 1.165) is 0 Å². The third kappa shape index (κ3) is 3.11. The van der Waals surface area contributed by atoms with Crippen molar-refractivity contribution in [2.75, 3.05) is 13.2 Å². The molecule has 26 heavy (non-hydrogen) atoms. The standard InChI is InChI=1S/C19H17ClFNO3S/c1-2-25-12-19(11-22)17(13-4-3-5-15(21)10-13)18(19)26(23,24)16-8-6-14(20)7-9-16/h3-10,17-18H,2,12H2,1H3/t17-,18+,19-/m1/s1. The van der Waals surface area contributed by atoms with Crippen LogP contribution in [0.5, 0.6) is 0 Å². The Balaban J connectivity index is 2.07. The summed E-state index contributed by atoms with van der Waals surface area (Å²) in [6, 6.07) is 13.7. The number of sulfone groups is 1. The summed E-state index contributed by atoms with van der Waals surface area (Å²) in [5.41, 5.74) is -0.767. The quantitative estimate of drug-likeness (QED) is 0.744. The summed E-state index contributed by atoms with van der Waals surface area (Å²) >= 11 is 5.84. The van der Waals surface area contributed by atoms with Gasteiger partial charge in [0.15, 0.2) is 9.84 Å². The van der Waals surface area contributed by atoms with E-state index >= 15 is 0 Å². The molecule has 7 heteroatoms. The molecule has 2 aromatic carbocycles. The van der Waals surface area contributed by atoms with Crippen LogP contribution in [0.25, 0.3) is 0 Å². The first-order chi connectivity index (χ1) is 12.4. The van der Waals surface area contributed by atoms with E-state index in [1.807, 2.05) is 0 Å². The van der Waals surface area contributed by atoms with Crippen molar-refractivity contribution in [1.29, 1.82) is 5.26 Å². The zero-order valence-corrected chi connectivity index (χ0v) is 15.6. The number of halogens is 2. The lowest BCUT2D eigenvalue weighted by atomic mass is 10.0. The summed E-state index contributed by atoms with van der Waals surface area (Å²) in [6.45, 7) is 2.10. The van der Waals surface area contributed by atoms with Crippen LogP contribution in [0.3, 0.4) is 0 Å². The van der Waals surface area contributed by atoms with Crippen LogP contribution in [-0.4, -0.2) is 26.9 Å². The van der Waals surface area contributed by atoms with Crippen molar-refractivity contribution < 1.29 is 17.5 Å². The van der Waals surface area contributed by atoms with Gasteiger partial charge in [-0.05, 0) is 48.9 Å². The van der Waals surface area contributed by atoms with Crippen molar-refractivity contribution in [3.63, 3.8) is 0 Å². The van der Waals surface area contributed by atoms with Crippen LogP contribution in [0.15, 0.2) is 53.4 Å². The van der Waals surface area contributed by atoms with Crippen molar-refractivity contribution >= 4 is 21.4 Å². The molecule has 4 nitrogen and oxygen atoms in total. The van der Waals surface area contributed by atoms with Gasteiger partial charge < -0.3 is 4.74 Å². The Kier molecular flexibility index (Phi) is 5.07. The minimum atomic E-state index is -3.83. The molecule has 0 amide bonds. The van der Waals surface area contributed by atoms with Crippen LogP contribution in [-0.2, 0) is 14.6 Å². The Labute approximate surface area is 157 Å². The van der Waals surface area contributed by atoms with E-state index < -0.39 is 32.2 Å². The summed E-state index contributed by atoms with van der Waals surface area (Å²) < 4.78 is 45.4. The molecular formula is C19H17ClFNO3S. The summed E-state index contributed by atoms with van der Waals surface area (Å²) in [5, 5.41) is 9.21. The molecule has 0 heterocycles. The number of nitriles is 1. The molecule has 0 aliphatic heterocycles. The van der Waals surface area contributed by atoms with Crippen molar-refractivity contribution in [2.24, 2.45) is 5.41 Å². The fourth-order valence-electron chi connectivity index (χ4n) is 3.41. The van der Waals surface area contributed by atoms with E-state index in [-0.39, 0.29) is 11.5 Å². The lowest BCUT2D eigenvalue weighted by Gasteiger charge is -2.09. The second-order valence-electron chi connectivity index (χ2n) is 6.24. The van der Waals surface area contributed by atoms with Gasteiger partial charge in [-0.2, -0.15) is 5.26 Å². The van der Waals surface area contributed by atoms with Gasteiger partial charge in [0.05, 0.1) is 22.8 Å². The summed E-state index contributed by atoms with van der Waals surface area (Å²) in [5.74, 6) is -1.13. The highest BCUT2D eigenvalue weighted by molar-refractivity contribution is 7.92. The van der Waals surface area contributed by atoms with Gasteiger partial charge in [0.2, 0.25) is 0 Å². The van der Waals surface area contributed by atoms with Crippen LogP contribution >= 0.6 is 11.6 Å². The molecule has 1 fully saturated rings. The fourth-order valence-corrected chi connectivity index (χ4v) is 5.85. The van der Waals surface area contributed by atoms with Gasteiger partial charge in [-0.15, -0.1) is 0 Å². The highest BCUT2D eigenvalue weighted by atomic mass is 35.5. The number of benzene rings is 2. The minimum Gasteiger partial charge on any atom is -0.380 e. The topological polar surface area (TPSA) is 67.2 Å². The Morgan fingerprint density at radius 2 is 1.96 bits per heavy atom. The number of rotatable bonds is 6. The van der Waals surface area contributed by atoms with Gasteiger partial charge in [-0.3, -0.25) is 0 Å². The van der Waals surface area contributed by atoms with Crippen molar-refractivity contribution in [1.82, 2.24) is 0 Å². The molecule has 0 aromatic heterocycles.